The van der Waals surface area contributed by atoms with Gasteiger partial charge in [0, 0.05) is 19.7 Å². The third-order valence-corrected chi connectivity index (χ3v) is 7.80. The summed E-state index contributed by atoms with van der Waals surface area (Å²) in [5, 5.41) is 10.3. The average Bonchev–Trinajstić information content (AvgIpc) is 2.78. The maximum Gasteiger partial charge on any atom is 0.264 e. The Bertz CT molecular complexity index is 1040. The van der Waals surface area contributed by atoms with Crippen molar-refractivity contribution < 1.29 is 23.1 Å². The van der Waals surface area contributed by atoms with Gasteiger partial charge in [-0.2, -0.15) is 0 Å². The largest absolute Gasteiger partial charge is 0.497 e. The van der Waals surface area contributed by atoms with Crippen molar-refractivity contribution in [2.75, 3.05) is 25.5 Å². The second-order valence-electron chi connectivity index (χ2n) is 7.98. The van der Waals surface area contributed by atoms with Crippen LogP contribution in [0.5, 0.6) is 5.75 Å². The zero-order chi connectivity index (χ0) is 22.8. The summed E-state index contributed by atoms with van der Waals surface area (Å²) in [6.07, 6.45) is 2.94. The molecule has 1 aliphatic rings. The van der Waals surface area contributed by atoms with Crippen LogP contribution in [-0.4, -0.2) is 57.7 Å². The molecule has 0 radical (unpaired) electrons. The number of sulfonamides is 1. The Morgan fingerprint density at radius 1 is 1.06 bits per heavy atom. The number of carbonyl (C=O) groups excluding carboxylic acids is 1. The van der Waals surface area contributed by atoms with Crippen LogP contribution in [0.3, 0.4) is 0 Å². The summed E-state index contributed by atoms with van der Waals surface area (Å²) in [5.74, 6) is 0.397. The number of methoxy groups -OCH3 is 1. The Morgan fingerprint density at radius 3 is 2.29 bits per heavy atom. The van der Waals surface area contributed by atoms with Crippen LogP contribution in [0.2, 0.25) is 0 Å². The lowest BCUT2D eigenvalue weighted by Crippen LogP contribution is -2.46. The van der Waals surface area contributed by atoms with Gasteiger partial charge in [-0.15, -0.1) is 0 Å². The third kappa shape index (κ3) is 4.70. The SMILES string of the molecule is COc1ccc(S(=O)(=O)N(C)c2ccc(C(=O)N(C)[C@@H]3CCCC[C@H]3O)cc2C)cc1. The van der Waals surface area contributed by atoms with Gasteiger partial charge in [0.05, 0.1) is 29.8 Å². The lowest BCUT2D eigenvalue weighted by atomic mass is 9.91. The third-order valence-electron chi connectivity index (χ3n) is 6.01. The van der Waals surface area contributed by atoms with E-state index in [-0.39, 0.29) is 16.8 Å². The van der Waals surface area contributed by atoms with Gasteiger partial charge in [-0.25, -0.2) is 8.42 Å². The number of aliphatic hydroxyl groups excluding tert-OH is 1. The summed E-state index contributed by atoms with van der Waals surface area (Å²) in [6.45, 7) is 1.78. The summed E-state index contributed by atoms with van der Waals surface area (Å²) in [5.41, 5.74) is 1.63. The molecule has 2 atom stereocenters. The number of amides is 1. The highest BCUT2D eigenvalue weighted by molar-refractivity contribution is 7.92. The molecule has 31 heavy (non-hydrogen) atoms. The lowest BCUT2D eigenvalue weighted by Gasteiger charge is -2.35. The highest BCUT2D eigenvalue weighted by atomic mass is 32.2. The number of ether oxygens (including phenoxy) is 1. The van der Waals surface area contributed by atoms with Crippen LogP contribution in [0.15, 0.2) is 47.4 Å². The standard InChI is InChI=1S/C23H30N2O5S/c1-16-15-17(23(27)24(2)21-7-5-6-8-22(21)26)9-14-20(16)25(3)31(28,29)19-12-10-18(30-4)11-13-19/h9-15,21-22,26H,5-8H2,1-4H3/t21-,22-/m1/s1. The molecule has 7 nitrogen and oxygen atoms in total. The Labute approximate surface area is 184 Å². The Kier molecular flexibility index (Phi) is 6.91. The molecule has 0 bridgehead atoms. The summed E-state index contributed by atoms with van der Waals surface area (Å²) in [6, 6.07) is 11.0. The van der Waals surface area contributed by atoms with Gasteiger partial charge in [0.15, 0.2) is 0 Å². The number of rotatable bonds is 6. The normalized spacial score (nSPS) is 19.0. The summed E-state index contributed by atoms with van der Waals surface area (Å²) in [4.78, 5) is 14.7. The molecule has 2 aromatic carbocycles. The topological polar surface area (TPSA) is 87.2 Å². The molecule has 168 valence electrons. The smallest absolute Gasteiger partial charge is 0.264 e. The molecule has 1 saturated carbocycles. The molecule has 3 rings (SSSR count). The number of aliphatic hydroxyl groups is 1. The zero-order valence-corrected chi connectivity index (χ0v) is 19.2. The molecular weight excluding hydrogens is 416 g/mol. The van der Waals surface area contributed by atoms with Gasteiger partial charge in [-0.1, -0.05) is 12.8 Å². The van der Waals surface area contributed by atoms with Gasteiger partial charge in [0.25, 0.3) is 15.9 Å². The van der Waals surface area contributed by atoms with Gasteiger partial charge in [0.2, 0.25) is 0 Å². The van der Waals surface area contributed by atoms with E-state index >= 15 is 0 Å². The minimum atomic E-state index is -3.76. The van der Waals surface area contributed by atoms with Gasteiger partial charge >= 0.3 is 0 Å². The van der Waals surface area contributed by atoms with Crippen LogP contribution in [0.1, 0.15) is 41.6 Å². The fraction of sp³-hybridized carbons (Fsp3) is 0.435. The lowest BCUT2D eigenvalue weighted by molar-refractivity contribution is 0.0268. The van der Waals surface area contributed by atoms with E-state index < -0.39 is 16.1 Å². The van der Waals surface area contributed by atoms with E-state index in [4.69, 9.17) is 4.74 Å². The summed E-state index contributed by atoms with van der Waals surface area (Å²) in [7, 11) is 0.965. The molecule has 1 N–H and O–H groups in total. The van der Waals surface area contributed by atoms with E-state index in [1.807, 2.05) is 0 Å². The van der Waals surface area contributed by atoms with Crippen molar-refractivity contribution in [2.45, 2.75) is 49.6 Å². The first-order chi connectivity index (χ1) is 14.7. The van der Waals surface area contributed by atoms with Crippen LogP contribution < -0.4 is 9.04 Å². The quantitative estimate of drug-likeness (QED) is 0.736. The van der Waals surface area contributed by atoms with E-state index in [9.17, 15) is 18.3 Å². The van der Waals surface area contributed by atoms with Crippen molar-refractivity contribution in [1.82, 2.24) is 4.90 Å². The number of likely N-dealkylation sites (N-methyl/N-ethyl adjacent to an activating group) is 1. The van der Waals surface area contributed by atoms with E-state index in [2.05, 4.69) is 0 Å². The first-order valence-electron chi connectivity index (χ1n) is 10.4. The molecule has 2 aromatic rings. The predicted molar refractivity (Wildman–Crippen MR) is 120 cm³/mol. The minimum Gasteiger partial charge on any atom is -0.497 e. The maximum atomic E-state index is 13.0. The van der Waals surface area contributed by atoms with Crippen molar-refractivity contribution in [1.29, 1.82) is 0 Å². The summed E-state index contributed by atoms with van der Waals surface area (Å²) >= 11 is 0. The van der Waals surface area contributed by atoms with Crippen molar-refractivity contribution >= 4 is 21.6 Å². The predicted octanol–water partition coefficient (Wildman–Crippen LogP) is 3.20. The maximum absolute atomic E-state index is 13.0. The zero-order valence-electron chi connectivity index (χ0n) is 18.4. The Balaban J connectivity index is 1.83. The molecule has 1 aliphatic carbocycles. The Morgan fingerprint density at radius 2 is 1.71 bits per heavy atom. The molecule has 0 aliphatic heterocycles. The van der Waals surface area contributed by atoms with Crippen LogP contribution in [0.4, 0.5) is 5.69 Å². The van der Waals surface area contributed by atoms with Crippen molar-refractivity contribution in [3.63, 3.8) is 0 Å². The second kappa shape index (κ2) is 9.28. The number of hydrogen-bond donors (Lipinski definition) is 1. The molecule has 0 aromatic heterocycles. The Hall–Kier alpha value is -2.58. The molecule has 1 amide bonds. The van der Waals surface area contributed by atoms with Gasteiger partial charge in [0.1, 0.15) is 5.75 Å². The van der Waals surface area contributed by atoms with Crippen molar-refractivity contribution in [2.24, 2.45) is 0 Å². The highest BCUT2D eigenvalue weighted by Gasteiger charge is 2.30. The summed E-state index contributed by atoms with van der Waals surface area (Å²) < 4.78 is 32.4. The molecule has 1 fully saturated rings. The van der Waals surface area contributed by atoms with Crippen molar-refractivity contribution in [3.8, 4) is 5.75 Å². The number of nitrogens with zero attached hydrogens (tertiary/aromatic N) is 2. The van der Waals surface area contributed by atoms with Crippen LogP contribution >= 0.6 is 0 Å². The fourth-order valence-corrected chi connectivity index (χ4v) is 5.33. The van der Waals surface area contributed by atoms with Crippen LogP contribution in [0, 0.1) is 6.92 Å². The number of aryl methyl sites for hydroxylation is 1. The molecule has 8 heteroatoms. The van der Waals surface area contributed by atoms with E-state index in [1.54, 1.807) is 49.2 Å². The number of anilines is 1. The molecule has 0 spiro atoms. The monoisotopic (exact) mass is 446 g/mol. The van der Waals surface area contributed by atoms with Crippen molar-refractivity contribution in [3.05, 3.63) is 53.6 Å². The number of benzene rings is 2. The molecule has 0 heterocycles. The van der Waals surface area contributed by atoms with E-state index in [1.165, 1.54) is 30.6 Å². The second-order valence-corrected chi connectivity index (χ2v) is 9.95. The average molecular weight is 447 g/mol. The molecule has 0 unspecified atom stereocenters. The fourth-order valence-electron chi connectivity index (χ4n) is 4.07. The molecule has 0 saturated heterocycles. The van der Waals surface area contributed by atoms with Gasteiger partial charge < -0.3 is 14.7 Å². The number of carbonyl (C=O) groups is 1. The van der Waals surface area contributed by atoms with Crippen LogP contribution in [-0.2, 0) is 10.0 Å². The van der Waals surface area contributed by atoms with E-state index in [0.29, 0.717) is 29.0 Å². The minimum absolute atomic E-state index is 0.154. The highest BCUT2D eigenvalue weighted by Crippen LogP contribution is 2.28. The number of hydrogen-bond acceptors (Lipinski definition) is 5. The van der Waals surface area contributed by atoms with Gasteiger partial charge in [-0.05, 0) is 67.8 Å². The first-order valence-corrected chi connectivity index (χ1v) is 11.8. The van der Waals surface area contributed by atoms with E-state index in [0.717, 1.165) is 19.3 Å². The van der Waals surface area contributed by atoms with Crippen LogP contribution in [0.25, 0.3) is 0 Å². The first kappa shape index (κ1) is 23.1. The molecular formula is C23H30N2O5S. The van der Waals surface area contributed by atoms with Gasteiger partial charge in [-0.3, -0.25) is 9.10 Å².